The lowest BCUT2D eigenvalue weighted by Gasteiger charge is -2.21. The molecule has 17 heavy (non-hydrogen) atoms. The summed E-state index contributed by atoms with van der Waals surface area (Å²) in [6, 6.07) is 4.57. The van der Waals surface area contributed by atoms with E-state index in [1.54, 1.807) is 6.07 Å². The Morgan fingerprint density at radius 1 is 1.41 bits per heavy atom. The smallest absolute Gasteiger partial charge is 0.124 e. The quantitative estimate of drug-likeness (QED) is 0.894. The Hall–Kier alpha value is -0.250. The number of rotatable bonds is 4. The van der Waals surface area contributed by atoms with Gasteiger partial charge in [0.2, 0.25) is 0 Å². The number of hydrogen-bond donors (Lipinski definition) is 1. The molecule has 0 radical (unpaired) electrons. The van der Waals surface area contributed by atoms with Crippen LogP contribution in [-0.4, -0.2) is 17.5 Å². The van der Waals surface area contributed by atoms with Gasteiger partial charge in [-0.3, -0.25) is 0 Å². The molecule has 1 nitrogen and oxygen atoms in total. The van der Waals surface area contributed by atoms with Crippen LogP contribution in [0.25, 0.3) is 0 Å². The van der Waals surface area contributed by atoms with E-state index >= 15 is 0 Å². The number of hydrogen-bond acceptors (Lipinski definition) is 2. The minimum atomic E-state index is -0.276. The predicted octanol–water partition coefficient (Wildman–Crippen LogP) is 3.85. The molecule has 1 heterocycles. The Morgan fingerprint density at radius 3 is 3.00 bits per heavy atom. The molecule has 0 saturated carbocycles. The Morgan fingerprint density at radius 2 is 2.29 bits per heavy atom. The average Bonchev–Trinajstić information content (AvgIpc) is 2.33. The Labute approximate surface area is 111 Å². The molecular formula is C13H17ClFNS. The van der Waals surface area contributed by atoms with Gasteiger partial charge in [-0.25, -0.2) is 4.39 Å². The third-order valence-electron chi connectivity index (χ3n) is 2.98. The molecule has 1 unspecified atom stereocenters. The molecule has 1 aliphatic rings. The number of benzene rings is 1. The summed E-state index contributed by atoms with van der Waals surface area (Å²) in [6.45, 7) is 1.73. The van der Waals surface area contributed by atoms with Gasteiger partial charge >= 0.3 is 0 Å². The fourth-order valence-electron chi connectivity index (χ4n) is 2.00. The monoisotopic (exact) mass is 273 g/mol. The first kappa shape index (κ1) is 13.2. The molecule has 1 aliphatic heterocycles. The van der Waals surface area contributed by atoms with Crippen molar-refractivity contribution in [1.29, 1.82) is 0 Å². The molecule has 0 aromatic heterocycles. The third-order valence-corrected chi connectivity index (χ3v) is 4.73. The first-order valence-electron chi connectivity index (χ1n) is 6.02. The maximum atomic E-state index is 12.9. The molecule has 1 fully saturated rings. The minimum absolute atomic E-state index is 0.276. The van der Waals surface area contributed by atoms with E-state index in [1.807, 2.05) is 11.8 Å². The summed E-state index contributed by atoms with van der Waals surface area (Å²) in [5.41, 5.74) is 0.967. The van der Waals surface area contributed by atoms with Crippen molar-refractivity contribution in [1.82, 2.24) is 5.32 Å². The van der Waals surface area contributed by atoms with Crippen LogP contribution in [-0.2, 0) is 6.54 Å². The Balaban J connectivity index is 1.77. The fourth-order valence-corrected chi connectivity index (χ4v) is 3.51. The van der Waals surface area contributed by atoms with Gasteiger partial charge in [0.15, 0.2) is 0 Å². The molecule has 1 atom stereocenters. The largest absolute Gasteiger partial charge is 0.312 e. The lowest BCUT2D eigenvalue weighted by atomic mass is 10.2. The lowest BCUT2D eigenvalue weighted by molar-refractivity contribution is 0.596. The standard InChI is InChI=1S/C13H17ClFNS/c14-13-7-11(15)5-4-10(13)8-16-9-12-3-1-2-6-17-12/h4-5,7,12,16H,1-3,6,8-9H2. The molecule has 0 amide bonds. The topological polar surface area (TPSA) is 12.0 Å². The summed E-state index contributed by atoms with van der Waals surface area (Å²) in [5, 5.41) is 4.64. The molecule has 1 aromatic carbocycles. The van der Waals surface area contributed by atoms with Crippen LogP contribution in [0.4, 0.5) is 4.39 Å². The van der Waals surface area contributed by atoms with Gasteiger partial charge in [0.1, 0.15) is 5.82 Å². The molecule has 2 rings (SSSR count). The van der Waals surface area contributed by atoms with E-state index in [4.69, 9.17) is 11.6 Å². The summed E-state index contributed by atoms with van der Waals surface area (Å²) < 4.78 is 12.9. The van der Waals surface area contributed by atoms with Crippen molar-refractivity contribution in [3.63, 3.8) is 0 Å². The highest BCUT2D eigenvalue weighted by Crippen LogP contribution is 2.24. The Kier molecular flexibility index (Phi) is 5.14. The van der Waals surface area contributed by atoms with Gasteiger partial charge in [-0.1, -0.05) is 24.1 Å². The van der Waals surface area contributed by atoms with Crippen molar-refractivity contribution in [3.05, 3.63) is 34.6 Å². The second-order valence-electron chi connectivity index (χ2n) is 4.36. The van der Waals surface area contributed by atoms with E-state index in [0.717, 1.165) is 23.9 Å². The number of thioether (sulfide) groups is 1. The molecule has 1 N–H and O–H groups in total. The summed E-state index contributed by atoms with van der Waals surface area (Å²) in [7, 11) is 0. The molecule has 0 bridgehead atoms. The van der Waals surface area contributed by atoms with Crippen LogP contribution in [0.5, 0.6) is 0 Å². The Bertz CT molecular complexity index is 366. The van der Waals surface area contributed by atoms with Crippen LogP contribution >= 0.6 is 23.4 Å². The van der Waals surface area contributed by atoms with Crippen molar-refractivity contribution >= 4 is 23.4 Å². The molecule has 1 aromatic rings. The van der Waals surface area contributed by atoms with Gasteiger partial charge in [0.25, 0.3) is 0 Å². The normalized spacial score (nSPS) is 20.5. The van der Waals surface area contributed by atoms with E-state index in [9.17, 15) is 4.39 Å². The van der Waals surface area contributed by atoms with Crippen LogP contribution in [0.15, 0.2) is 18.2 Å². The summed E-state index contributed by atoms with van der Waals surface area (Å²) >= 11 is 8.02. The van der Waals surface area contributed by atoms with Gasteiger partial charge in [0.05, 0.1) is 0 Å². The molecule has 94 valence electrons. The van der Waals surface area contributed by atoms with E-state index < -0.39 is 0 Å². The van der Waals surface area contributed by atoms with E-state index in [-0.39, 0.29) is 5.82 Å². The highest BCUT2D eigenvalue weighted by Gasteiger charge is 2.13. The average molecular weight is 274 g/mol. The zero-order valence-electron chi connectivity index (χ0n) is 9.72. The van der Waals surface area contributed by atoms with Gasteiger partial charge < -0.3 is 5.32 Å². The summed E-state index contributed by atoms with van der Waals surface area (Å²) in [4.78, 5) is 0. The molecular weight excluding hydrogens is 257 g/mol. The second-order valence-corrected chi connectivity index (χ2v) is 6.17. The highest BCUT2D eigenvalue weighted by molar-refractivity contribution is 7.99. The summed E-state index contributed by atoms with van der Waals surface area (Å²) in [6.07, 6.45) is 4.00. The van der Waals surface area contributed by atoms with Crippen molar-refractivity contribution in [2.24, 2.45) is 0 Å². The molecule has 0 spiro atoms. The van der Waals surface area contributed by atoms with Crippen molar-refractivity contribution < 1.29 is 4.39 Å². The SMILES string of the molecule is Fc1ccc(CNCC2CCCCS2)c(Cl)c1. The van der Waals surface area contributed by atoms with Gasteiger partial charge in [-0.15, -0.1) is 0 Å². The first-order valence-corrected chi connectivity index (χ1v) is 7.44. The van der Waals surface area contributed by atoms with Gasteiger partial charge in [-0.2, -0.15) is 11.8 Å². The van der Waals surface area contributed by atoms with Crippen LogP contribution < -0.4 is 5.32 Å². The fraction of sp³-hybridized carbons (Fsp3) is 0.538. The minimum Gasteiger partial charge on any atom is -0.312 e. The molecule has 1 saturated heterocycles. The number of nitrogens with one attached hydrogen (secondary N) is 1. The second kappa shape index (κ2) is 6.62. The van der Waals surface area contributed by atoms with Crippen LogP contribution in [0.1, 0.15) is 24.8 Å². The van der Waals surface area contributed by atoms with Crippen LogP contribution in [0.2, 0.25) is 5.02 Å². The van der Waals surface area contributed by atoms with E-state index in [1.165, 1.54) is 37.1 Å². The van der Waals surface area contributed by atoms with E-state index in [0.29, 0.717) is 5.02 Å². The maximum absolute atomic E-state index is 12.9. The summed E-state index contributed by atoms with van der Waals surface area (Å²) in [5.74, 6) is 1.01. The third kappa shape index (κ3) is 4.16. The zero-order valence-corrected chi connectivity index (χ0v) is 11.3. The van der Waals surface area contributed by atoms with Crippen LogP contribution in [0, 0.1) is 5.82 Å². The van der Waals surface area contributed by atoms with Crippen molar-refractivity contribution in [2.45, 2.75) is 31.1 Å². The van der Waals surface area contributed by atoms with Crippen molar-refractivity contribution in [3.8, 4) is 0 Å². The van der Waals surface area contributed by atoms with E-state index in [2.05, 4.69) is 5.32 Å². The number of halogens is 2. The van der Waals surface area contributed by atoms with Crippen molar-refractivity contribution in [2.75, 3.05) is 12.3 Å². The highest BCUT2D eigenvalue weighted by atomic mass is 35.5. The van der Waals surface area contributed by atoms with Gasteiger partial charge in [-0.05, 0) is 36.3 Å². The first-order chi connectivity index (χ1) is 8.25. The maximum Gasteiger partial charge on any atom is 0.124 e. The van der Waals surface area contributed by atoms with Crippen LogP contribution in [0.3, 0.4) is 0 Å². The zero-order chi connectivity index (χ0) is 12.1. The molecule has 4 heteroatoms. The predicted molar refractivity (Wildman–Crippen MR) is 73.2 cm³/mol. The lowest BCUT2D eigenvalue weighted by Crippen LogP contribution is -2.26. The molecule has 0 aliphatic carbocycles. The van der Waals surface area contributed by atoms with Gasteiger partial charge in [0, 0.05) is 23.4 Å².